The highest BCUT2D eigenvalue weighted by atomic mass is 16.5. The van der Waals surface area contributed by atoms with Gasteiger partial charge in [0, 0.05) is 32.5 Å². The zero-order valence-electron chi connectivity index (χ0n) is 10.3. The van der Waals surface area contributed by atoms with E-state index in [9.17, 15) is 9.59 Å². The summed E-state index contributed by atoms with van der Waals surface area (Å²) in [7, 11) is 1.67. The molecule has 0 aromatic carbocycles. The van der Waals surface area contributed by atoms with E-state index in [2.05, 4.69) is 4.98 Å². The number of hydrogen-bond donors (Lipinski definition) is 1. The summed E-state index contributed by atoms with van der Waals surface area (Å²) in [6.45, 7) is 1.91. The first-order chi connectivity index (χ1) is 8.70. The van der Waals surface area contributed by atoms with E-state index in [1.165, 1.54) is 17.8 Å². The zero-order chi connectivity index (χ0) is 13.0. The standard InChI is InChI=1S/C13H16N2O3/c1-18-9-10-4-6-15(7-5-10)13(17)11-2-3-12(16)14-8-11/h2-4,8H,5-7,9H2,1H3,(H,14,16). The molecule has 0 aliphatic carbocycles. The predicted molar refractivity (Wildman–Crippen MR) is 67.5 cm³/mol. The van der Waals surface area contributed by atoms with Crippen LogP contribution in [0.1, 0.15) is 16.8 Å². The van der Waals surface area contributed by atoms with Crippen LogP contribution >= 0.6 is 0 Å². The number of carbonyl (C=O) groups excluding carboxylic acids is 1. The molecule has 1 amide bonds. The number of hydrogen-bond acceptors (Lipinski definition) is 3. The molecule has 18 heavy (non-hydrogen) atoms. The van der Waals surface area contributed by atoms with Crippen molar-refractivity contribution in [3.05, 3.63) is 45.9 Å². The molecule has 1 aromatic rings. The normalized spacial score (nSPS) is 15.4. The minimum absolute atomic E-state index is 0.0565. The van der Waals surface area contributed by atoms with Crippen LogP contribution in [0.3, 0.4) is 0 Å². The van der Waals surface area contributed by atoms with Crippen LogP contribution in [-0.2, 0) is 4.74 Å². The third kappa shape index (κ3) is 2.87. The van der Waals surface area contributed by atoms with Crippen LogP contribution in [0.2, 0.25) is 0 Å². The van der Waals surface area contributed by atoms with Crippen LogP contribution in [-0.4, -0.2) is 42.6 Å². The number of nitrogens with zero attached hydrogens (tertiary/aromatic N) is 1. The van der Waals surface area contributed by atoms with Gasteiger partial charge in [0.25, 0.3) is 5.91 Å². The van der Waals surface area contributed by atoms with Crippen LogP contribution in [0.25, 0.3) is 0 Å². The molecule has 0 unspecified atom stereocenters. The Kier molecular flexibility index (Phi) is 3.94. The summed E-state index contributed by atoms with van der Waals surface area (Å²) in [5.41, 5.74) is 1.54. The van der Waals surface area contributed by atoms with Crippen molar-refractivity contribution >= 4 is 5.91 Å². The second-order valence-corrected chi connectivity index (χ2v) is 4.24. The highest BCUT2D eigenvalue weighted by Crippen LogP contribution is 2.13. The van der Waals surface area contributed by atoms with Crippen LogP contribution in [0.5, 0.6) is 0 Å². The lowest BCUT2D eigenvalue weighted by Crippen LogP contribution is -2.35. The van der Waals surface area contributed by atoms with Crippen molar-refractivity contribution in [2.75, 3.05) is 26.8 Å². The van der Waals surface area contributed by atoms with Gasteiger partial charge in [0.05, 0.1) is 12.2 Å². The van der Waals surface area contributed by atoms with Crippen molar-refractivity contribution in [1.82, 2.24) is 9.88 Å². The van der Waals surface area contributed by atoms with Gasteiger partial charge < -0.3 is 14.6 Å². The highest BCUT2D eigenvalue weighted by Gasteiger charge is 2.18. The third-order valence-corrected chi connectivity index (χ3v) is 2.95. The summed E-state index contributed by atoms with van der Waals surface area (Å²) >= 11 is 0. The van der Waals surface area contributed by atoms with Crippen molar-refractivity contribution in [3.63, 3.8) is 0 Å². The summed E-state index contributed by atoms with van der Waals surface area (Å²) in [5, 5.41) is 0. The number of pyridine rings is 1. The Bertz CT molecular complexity index is 499. The molecule has 5 nitrogen and oxygen atoms in total. The lowest BCUT2D eigenvalue weighted by atomic mass is 10.1. The van der Waals surface area contributed by atoms with E-state index < -0.39 is 0 Å². The number of rotatable bonds is 3. The van der Waals surface area contributed by atoms with Crippen molar-refractivity contribution in [2.45, 2.75) is 6.42 Å². The fourth-order valence-corrected chi connectivity index (χ4v) is 1.94. The quantitative estimate of drug-likeness (QED) is 0.805. The Labute approximate surface area is 105 Å². The molecule has 0 fully saturated rings. The molecule has 1 N–H and O–H groups in total. The summed E-state index contributed by atoms with van der Waals surface area (Å²) in [4.78, 5) is 27.3. The van der Waals surface area contributed by atoms with Crippen molar-refractivity contribution in [2.24, 2.45) is 0 Å². The van der Waals surface area contributed by atoms with Crippen LogP contribution in [0, 0.1) is 0 Å². The molecule has 0 spiro atoms. The molecule has 5 heteroatoms. The van der Waals surface area contributed by atoms with E-state index in [0.717, 1.165) is 6.42 Å². The smallest absolute Gasteiger partial charge is 0.255 e. The van der Waals surface area contributed by atoms with E-state index >= 15 is 0 Å². The minimum Gasteiger partial charge on any atom is -0.380 e. The lowest BCUT2D eigenvalue weighted by Gasteiger charge is -2.26. The Morgan fingerprint density at radius 2 is 2.33 bits per heavy atom. The Morgan fingerprint density at radius 3 is 2.89 bits per heavy atom. The number of amides is 1. The highest BCUT2D eigenvalue weighted by molar-refractivity contribution is 5.94. The van der Waals surface area contributed by atoms with E-state index in [1.54, 1.807) is 18.1 Å². The van der Waals surface area contributed by atoms with Gasteiger partial charge in [-0.15, -0.1) is 0 Å². The molecule has 2 rings (SSSR count). The monoisotopic (exact) mass is 248 g/mol. The van der Waals surface area contributed by atoms with E-state index in [0.29, 0.717) is 25.3 Å². The fourth-order valence-electron chi connectivity index (χ4n) is 1.94. The SMILES string of the molecule is COCC1=CCN(C(=O)c2ccc(=O)[nH]c2)CC1. The number of nitrogens with one attached hydrogen (secondary N) is 1. The van der Waals surface area contributed by atoms with Crippen LogP contribution in [0.4, 0.5) is 0 Å². The van der Waals surface area contributed by atoms with E-state index in [-0.39, 0.29) is 11.5 Å². The molecule has 0 bridgehead atoms. The van der Waals surface area contributed by atoms with E-state index in [1.807, 2.05) is 6.08 Å². The average molecular weight is 248 g/mol. The molecule has 0 saturated carbocycles. The van der Waals surface area contributed by atoms with Crippen LogP contribution < -0.4 is 5.56 Å². The molecular weight excluding hydrogens is 232 g/mol. The number of H-pyrrole nitrogens is 1. The maximum absolute atomic E-state index is 12.1. The summed E-state index contributed by atoms with van der Waals surface area (Å²) in [6, 6.07) is 2.92. The second kappa shape index (κ2) is 5.64. The molecule has 0 atom stereocenters. The first-order valence-corrected chi connectivity index (χ1v) is 5.85. The van der Waals surface area contributed by atoms with Gasteiger partial charge in [0.2, 0.25) is 5.56 Å². The zero-order valence-corrected chi connectivity index (χ0v) is 10.3. The molecule has 2 heterocycles. The van der Waals surface area contributed by atoms with Crippen molar-refractivity contribution < 1.29 is 9.53 Å². The van der Waals surface area contributed by atoms with Crippen LogP contribution in [0.15, 0.2) is 34.8 Å². The second-order valence-electron chi connectivity index (χ2n) is 4.24. The van der Waals surface area contributed by atoms with E-state index in [4.69, 9.17) is 4.74 Å². The molecule has 1 aliphatic heterocycles. The predicted octanol–water partition coefficient (Wildman–Crippen LogP) is 0.794. The van der Waals surface area contributed by atoms with Gasteiger partial charge >= 0.3 is 0 Å². The van der Waals surface area contributed by atoms with Gasteiger partial charge in [0.1, 0.15) is 0 Å². The van der Waals surface area contributed by atoms with Gasteiger partial charge in [-0.2, -0.15) is 0 Å². The van der Waals surface area contributed by atoms with Gasteiger partial charge in [-0.1, -0.05) is 6.08 Å². The maximum Gasteiger partial charge on any atom is 0.255 e. The first kappa shape index (κ1) is 12.6. The largest absolute Gasteiger partial charge is 0.380 e. The molecular formula is C13H16N2O3. The molecule has 0 saturated heterocycles. The summed E-state index contributed by atoms with van der Waals surface area (Å²) in [6.07, 6.45) is 4.32. The number of methoxy groups -OCH3 is 1. The van der Waals surface area contributed by atoms with Gasteiger partial charge in [-0.3, -0.25) is 9.59 Å². The first-order valence-electron chi connectivity index (χ1n) is 5.85. The minimum atomic E-state index is -0.201. The number of ether oxygens (including phenoxy) is 1. The number of carbonyl (C=O) groups is 1. The fraction of sp³-hybridized carbons (Fsp3) is 0.385. The van der Waals surface area contributed by atoms with Gasteiger partial charge in [-0.25, -0.2) is 0 Å². The average Bonchev–Trinajstić information content (AvgIpc) is 2.40. The Hall–Kier alpha value is -1.88. The summed E-state index contributed by atoms with van der Waals surface area (Å²) < 4.78 is 5.06. The molecule has 0 radical (unpaired) electrons. The Balaban J connectivity index is 2.03. The molecule has 1 aliphatic rings. The van der Waals surface area contributed by atoms with Gasteiger partial charge in [0.15, 0.2) is 0 Å². The lowest BCUT2D eigenvalue weighted by molar-refractivity contribution is 0.0764. The molecule has 96 valence electrons. The Morgan fingerprint density at radius 1 is 1.50 bits per heavy atom. The van der Waals surface area contributed by atoms with Crippen molar-refractivity contribution in [3.8, 4) is 0 Å². The maximum atomic E-state index is 12.1. The number of aromatic nitrogens is 1. The third-order valence-electron chi connectivity index (χ3n) is 2.95. The molecule has 1 aromatic heterocycles. The number of aromatic amines is 1. The van der Waals surface area contributed by atoms with Gasteiger partial charge in [-0.05, 0) is 18.1 Å². The van der Waals surface area contributed by atoms with Crippen molar-refractivity contribution in [1.29, 1.82) is 0 Å². The topological polar surface area (TPSA) is 62.4 Å². The summed E-state index contributed by atoms with van der Waals surface area (Å²) in [5.74, 6) is -0.0565.